The van der Waals surface area contributed by atoms with E-state index >= 15 is 0 Å². The number of aryl methyl sites for hydroxylation is 1. The fraction of sp³-hybridized carbons (Fsp3) is 0.522. The Labute approximate surface area is 204 Å². The number of nitrogens with one attached hydrogen (secondary N) is 1. The van der Waals surface area contributed by atoms with Crippen LogP contribution in [0.15, 0.2) is 27.9 Å². The smallest absolute Gasteiger partial charge is 0.279 e. The van der Waals surface area contributed by atoms with Gasteiger partial charge in [0.25, 0.3) is 5.56 Å². The van der Waals surface area contributed by atoms with E-state index in [4.69, 9.17) is 9.72 Å². The molecule has 0 saturated carbocycles. The third kappa shape index (κ3) is 4.96. The first kappa shape index (κ1) is 25.3. The predicted molar refractivity (Wildman–Crippen MR) is 132 cm³/mol. The first-order chi connectivity index (χ1) is 16.4. The highest BCUT2D eigenvalue weighted by Gasteiger charge is 2.32. The summed E-state index contributed by atoms with van der Waals surface area (Å²) < 4.78 is 35.0. The highest BCUT2D eigenvalue weighted by atomic mass is 32.2. The summed E-state index contributed by atoms with van der Waals surface area (Å²) in [6.45, 7) is 6.97. The Morgan fingerprint density at radius 2 is 1.91 bits per heavy atom. The lowest BCUT2D eigenvalue weighted by Crippen LogP contribution is -2.54. The monoisotopic (exact) mass is 504 g/mol. The number of fused-ring (bicyclic) bond motifs is 1. The van der Waals surface area contributed by atoms with Crippen LogP contribution in [0.2, 0.25) is 0 Å². The largest absolute Gasteiger partial charge is 0.633 e. The zero-order chi connectivity index (χ0) is 25.5. The standard InChI is InChI=1S/C23H32N6O5S/c1-6-34-19-8-7-16(35(32,33)28-9-11-29(5,31)12-10-28)14-17(19)22-24-20-18(13-15(2)3)27(4)26-21(20)23(30)25-22/h7-8,14-15H,6,9-13H2,1-5H3,(H,24,25,30). The number of hydrogen-bond acceptors (Lipinski definition) is 7. The minimum absolute atomic E-state index is 0.0503. The van der Waals surface area contributed by atoms with Gasteiger partial charge in [0.2, 0.25) is 10.0 Å². The molecular formula is C23H32N6O5S. The maximum absolute atomic E-state index is 13.4. The average molecular weight is 505 g/mol. The number of benzene rings is 1. The molecule has 12 heteroatoms. The number of nitrogens with zero attached hydrogens (tertiary/aromatic N) is 5. The van der Waals surface area contributed by atoms with E-state index in [9.17, 15) is 18.4 Å². The zero-order valence-electron chi connectivity index (χ0n) is 20.7. The molecule has 4 rings (SSSR count). The van der Waals surface area contributed by atoms with E-state index < -0.39 is 20.2 Å². The SMILES string of the molecule is CCOc1ccc(S(=O)(=O)N2CC[N+](C)([O-])CC2)cc1-c1nc2c(CC(C)C)n(C)nc2c(=O)[nH]1. The molecule has 0 unspecified atom stereocenters. The summed E-state index contributed by atoms with van der Waals surface area (Å²) in [5, 5.41) is 16.5. The molecule has 11 nitrogen and oxygen atoms in total. The zero-order valence-corrected chi connectivity index (χ0v) is 21.6. The molecule has 1 aliphatic heterocycles. The second-order valence-electron chi connectivity index (χ2n) is 9.52. The van der Waals surface area contributed by atoms with Gasteiger partial charge in [-0.3, -0.25) is 9.48 Å². The van der Waals surface area contributed by atoms with Crippen LogP contribution in [0, 0.1) is 11.1 Å². The van der Waals surface area contributed by atoms with Crippen LogP contribution in [0.5, 0.6) is 5.75 Å². The lowest BCUT2D eigenvalue weighted by Gasteiger charge is -2.44. The number of hydrogen-bond donors (Lipinski definition) is 1. The van der Waals surface area contributed by atoms with E-state index in [-0.39, 0.29) is 42.4 Å². The van der Waals surface area contributed by atoms with Gasteiger partial charge in [0.1, 0.15) is 17.1 Å². The average Bonchev–Trinajstić information content (AvgIpc) is 3.09. The predicted octanol–water partition coefficient (Wildman–Crippen LogP) is 1.87. The molecular weight excluding hydrogens is 472 g/mol. The van der Waals surface area contributed by atoms with Gasteiger partial charge in [-0.2, -0.15) is 9.40 Å². The topological polar surface area (TPSA) is 133 Å². The Bertz CT molecular complexity index is 1400. The number of ether oxygens (including phenoxy) is 1. The van der Waals surface area contributed by atoms with Crippen molar-refractivity contribution in [1.82, 2.24) is 24.1 Å². The molecule has 2 aromatic heterocycles. The van der Waals surface area contributed by atoms with Crippen LogP contribution in [0.1, 0.15) is 26.5 Å². The van der Waals surface area contributed by atoms with Crippen molar-refractivity contribution in [3.63, 3.8) is 0 Å². The number of H-pyrrole nitrogens is 1. The molecule has 1 aliphatic rings. The van der Waals surface area contributed by atoms with Gasteiger partial charge in [0, 0.05) is 7.05 Å². The number of aromatic amines is 1. The quantitative estimate of drug-likeness (QED) is 0.383. The lowest BCUT2D eigenvalue weighted by molar-refractivity contribution is -0.864. The van der Waals surface area contributed by atoms with Crippen LogP contribution in [0.3, 0.4) is 0 Å². The van der Waals surface area contributed by atoms with Gasteiger partial charge in [0.05, 0.1) is 56.0 Å². The van der Waals surface area contributed by atoms with E-state index in [1.807, 2.05) is 6.92 Å². The molecule has 0 spiro atoms. The van der Waals surface area contributed by atoms with Crippen molar-refractivity contribution in [2.75, 3.05) is 39.8 Å². The highest BCUT2D eigenvalue weighted by molar-refractivity contribution is 7.89. The lowest BCUT2D eigenvalue weighted by atomic mass is 10.1. The van der Waals surface area contributed by atoms with Gasteiger partial charge in [-0.15, -0.1) is 0 Å². The summed E-state index contributed by atoms with van der Waals surface area (Å²) >= 11 is 0. The summed E-state index contributed by atoms with van der Waals surface area (Å²) in [4.78, 5) is 20.4. The van der Waals surface area contributed by atoms with E-state index in [1.54, 1.807) is 24.8 Å². The van der Waals surface area contributed by atoms with Gasteiger partial charge in [-0.05, 0) is 37.5 Å². The molecule has 1 aromatic carbocycles. The molecule has 3 heterocycles. The molecule has 0 atom stereocenters. The number of hydroxylamine groups is 3. The summed E-state index contributed by atoms with van der Waals surface area (Å²) in [7, 11) is -0.530. The number of aromatic nitrogens is 4. The van der Waals surface area contributed by atoms with Crippen molar-refractivity contribution < 1.29 is 17.8 Å². The fourth-order valence-electron chi connectivity index (χ4n) is 4.26. The van der Waals surface area contributed by atoms with E-state index in [0.717, 1.165) is 5.69 Å². The van der Waals surface area contributed by atoms with Crippen molar-refractivity contribution in [2.45, 2.75) is 32.1 Å². The Morgan fingerprint density at radius 1 is 1.23 bits per heavy atom. The molecule has 0 bridgehead atoms. The van der Waals surface area contributed by atoms with Crippen LogP contribution in [0.4, 0.5) is 0 Å². The maximum Gasteiger partial charge on any atom is 0.279 e. The fourth-order valence-corrected chi connectivity index (χ4v) is 5.71. The van der Waals surface area contributed by atoms with Gasteiger partial charge in [-0.1, -0.05) is 13.8 Å². The van der Waals surface area contributed by atoms with Crippen molar-refractivity contribution in [1.29, 1.82) is 0 Å². The molecule has 3 aromatic rings. The van der Waals surface area contributed by atoms with Crippen LogP contribution in [0.25, 0.3) is 22.4 Å². The van der Waals surface area contributed by atoms with Crippen molar-refractivity contribution in [3.8, 4) is 17.1 Å². The van der Waals surface area contributed by atoms with Crippen LogP contribution >= 0.6 is 0 Å². The minimum atomic E-state index is -3.85. The molecule has 1 N–H and O–H groups in total. The number of piperazine rings is 1. The molecule has 1 fully saturated rings. The second-order valence-corrected chi connectivity index (χ2v) is 11.5. The Hall–Kier alpha value is -2.80. The molecule has 35 heavy (non-hydrogen) atoms. The number of rotatable bonds is 7. The molecule has 0 amide bonds. The second kappa shape index (κ2) is 9.34. The van der Waals surface area contributed by atoms with Gasteiger partial charge < -0.3 is 19.6 Å². The van der Waals surface area contributed by atoms with Crippen molar-refractivity contribution in [3.05, 3.63) is 39.5 Å². The van der Waals surface area contributed by atoms with Gasteiger partial charge in [-0.25, -0.2) is 13.4 Å². The number of sulfonamides is 1. The Balaban J connectivity index is 1.83. The molecule has 0 aliphatic carbocycles. The van der Waals surface area contributed by atoms with Gasteiger partial charge >= 0.3 is 0 Å². The molecule has 190 valence electrons. The van der Waals surface area contributed by atoms with Crippen LogP contribution in [-0.4, -0.2) is 77.0 Å². The van der Waals surface area contributed by atoms with E-state index in [1.165, 1.54) is 16.4 Å². The Morgan fingerprint density at radius 3 is 2.54 bits per heavy atom. The number of quaternary nitrogens is 1. The molecule has 1 saturated heterocycles. The maximum atomic E-state index is 13.4. The van der Waals surface area contributed by atoms with E-state index in [0.29, 0.717) is 35.8 Å². The third-order valence-electron chi connectivity index (χ3n) is 6.20. The summed E-state index contributed by atoms with van der Waals surface area (Å²) in [6.07, 6.45) is 0.682. The summed E-state index contributed by atoms with van der Waals surface area (Å²) in [5.41, 5.74) is 1.51. The first-order valence-corrected chi connectivity index (χ1v) is 13.2. The summed E-state index contributed by atoms with van der Waals surface area (Å²) in [5.74, 6) is 0.943. The third-order valence-corrected chi connectivity index (χ3v) is 8.09. The number of likely N-dealkylation sites (N-methyl/N-ethyl adjacent to an activating group) is 1. The minimum Gasteiger partial charge on any atom is -0.633 e. The van der Waals surface area contributed by atoms with Crippen molar-refractivity contribution in [2.24, 2.45) is 13.0 Å². The normalized spacial score (nSPS) is 16.8. The van der Waals surface area contributed by atoms with Gasteiger partial charge in [0.15, 0.2) is 5.52 Å². The van der Waals surface area contributed by atoms with Crippen LogP contribution in [-0.2, 0) is 23.5 Å². The van der Waals surface area contributed by atoms with E-state index in [2.05, 4.69) is 23.9 Å². The van der Waals surface area contributed by atoms with Crippen molar-refractivity contribution >= 4 is 21.1 Å². The summed E-state index contributed by atoms with van der Waals surface area (Å²) in [6, 6.07) is 4.53. The molecule has 0 radical (unpaired) electrons. The first-order valence-electron chi connectivity index (χ1n) is 11.7. The van der Waals surface area contributed by atoms with Crippen LogP contribution < -0.4 is 10.3 Å². The highest BCUT2D eigenvalue weighted by Crippen LogP contribution is 2.32. The Kier molecular flexibility index (Phi) is 6.75.